The Balaban J connectivity index is 1.79. The molecule has 0 bridgehead atoms. The second-order valence-corrected chi connectivity index (χ2v) is 5.37. The summed E-state index contributed by atoms with van der Waals surface area (Å²) < 4.78 is 0. The zero-order chi connectivity index (χ0) is 14.8. The highest BCUT2D eigenvalue weighted by molar-refractivity contribution is 5.98. The van der Waals surface area contributed by atoms with Crippen LogP contribution in [0.4, 0.5) is 0 Å². The van der Waals surface area contributed by atoms with E-state index in [4.69, 9.17) is 5.11 Å². The van der Waals surface area contributed by atoms with Crippen LogP contribution in [0, 0.1) is 5.92 Å². The lowest BCUT2D eigenvalue weighted by atomic mass is 10.0. The van der Waals surface area contributed by atoms with Crippen molar-refractivity contribution in [1.29, 1.82) is 0 Å². The van der Waals surface area contributed by atoms with Gasteiger partial charge in [-0.15, -0.1) is 0 Å². The molecule has 3 rings (SSSR count). The van der Waals surface area contributed by atoms with Crippen molar-refractivity contribution in [3.05, 3.63) is 42.1 Å². The SMILES string of the molecule is O=C(N[C@@H]1CCC[C@@H]1C(=O)O)c1ccc2ncccc2c1. The van der Waals surface area contributed by atoms with Gasteiger partial charge < -0.3 is 10.4 Å². The van der Waals surface area contributed by atoms with Crippen LogP contribution in [0.25, 0.3) is 10.9 Å². The number of nitrogens with zero attached hydrogens (tertiary/aromatic N) is 1. The minimum absolute atomic E-state index is 0.223. The molecule has 2 atom stereocenters. The molecule has 1 aliphatic rings. The van der Waals surface area contributed by atoms with Crippen molar-refractivity contribution < 1.29 is 14.7 Å². The number of fused-ring (bicyclic) bond motifs is 1. The second-order valence-electron chi connectivity index (χ2n) is 5.37. The first-order valence-corrected chi connectivity index (χ1v) is 7.03. The minimum Gasteiger partial charge on any atom is -0.481 e. The Morgan fingerprint density at radius 2 is 2.10 bits per heavy atom. The predicted molar refractivity (Wildman–Crippen MR) is 78.0 cm³/mol. The number of rotatable bonds is 3. The number of hydrogen-bond donors (Lipinski definition) is 2. The number of benzene rings is 1. The summed E-state index contributed by atoms with van der Waals surface area (Å²) in [4.78, 5) is 27.6. The van der Waals surface area contributed by atoms with Crippen LogP contribution in [0.15, 0.2) is 36.5 Å². The molecule has 1 saturated carbocycles. The van der Waals surface area contributed by atoms with Crippen molar-refractivity contribution in [1.82, 2.24) is 10.3 Å². The number of carboxylic acid groups (broad SMARTS) is 1. The van der Waals surface area contributed by atoms with E-state index >= 15 is 0 Å². The molecule has 1 amide bonds. The summed E-state index contributed by atoms with van der Waals surface area (Å²) in [6.07, 6.45) is 3.89. The van der Waals surface area contributed by atoms with E-state index in [9.17, 15) is 9.59 Å². The number of pyridine rings is 1. The van der Waals surface area contributed by atoms with Crippen molar-refractivity contribution in [3.8, 4) is 0 Å². The molecule has 0 saturated heterocycles. The van der Waals surface area contributed by atoms with Gasteiger partial charge in [-0.3, -0.25) is 14.6 Å². The van der Waals surface area contributed by atoms with Gasteiger partial charge in [-0.2, -0.15) is 0 Å². The monoisotopic (exact) mass is 284 g/mol. The van der Waals surface area contributed by atoms with Gasteiger partial charge in [0, 0.05) is 23.2 Å². The molecule has 1 aromatic carbocycles. The van der Waals surface area contributed by atoms with Gasteiger partial charge in [-0.1, -0.05) is 12.5 Å². The zero-order valence-electron chi connectivity index (χ0n) is 11.5. The van der Waals surface area contributed by atoms with Crippen molar-refractivity contribution in [2.24, 2.45) is 5.92 Å². The number of aliphatic carboxylic acids is 1. The molecule has 2 N–H and O–H groups in total. The highest BCUT2D eigenvalue weighted by atomic mass is 16.4. The fraction of sp³-hybridized carbons (Fsp3) is 0.312. The number of hydrogen-bond acceptors (Lipinski definition) is 3. The average Bonchev–Trinajstić information content (AvgIpc) is 2.95. The first-order valence-electron chi connectivity index (χ1n) is 7.03. The van der Waals surface area contributed by atoms with E-state index in [2.05, 4.69) is 10.3 Å². The van der Waals surface area contributed by atoms with Crippen LogP contribution in [-0.2, 0) is 4.79 Å². The Labute approximate surface area is 122 Å². The van der Waals surface area contributed by atoms with E-state index < -0.39 is 11.9 Å². The van der Waals surface area contributed by atoms with Gasteiger partial charge in [0.1, 0.15) is 0 Å². The lowest BCUT2D eigenvalue weighted by molar-refractivity contribution is -0.142. The lowest BCUT2D eigenvalue weighted by Crippen LogP contribution is -2.40. The summed E-state index contributed by atoms with van der Waals surface area (Å²) in [5.74, 6) is -1.53. The molecule has 5 heteroatoms. The van der Waals surface area contributed by atoms with Crippen molar-refractivity contribution in [2.75, 3.05) is 0 Å². The van der Waals surface area contributed by atoms with Gasteiger partial charge in [-0.25, -0.2) is 0 Å². The van der Waals surface area contributed by atoms with Crippen LogP contribution in [0.2, 0.25) is 0 Å². The Morgan fingerprint density at radius 3 is 2.90 bits per heavy atom. The molecule has 1 heterocycles. The smallest absolute Gasteiger partial charge is 0.308 e. The molecular formula is C16H16N2O3. The lowest BCUT2D eigenvalue weighted by Gasteiger charge is -2.17. The quantitative estimate of drug-likeness (QED) is 0.905. The normalized spacial score (nSPS) is 21.3. The molecule has 1 aromatic heterocycles. The van der Waals surface area contributed by atoms with Gasteiger partial charge in [0.25, 0.3) is 5.91 Å². The van der Waals surface area contributed by atoms with E-state index in [0.717, 1.165) is 23.7 Å². The summed E-state index contributed by atoms with van der Waals surface area (Å²) in [7, 11) is 0. The van der Waals surface area contributed by atoms with Gasteiger partial charge in [-0.05, 0) is 37.1 Å². The summed E-state index contributed by atoms with van der Waals surface area (Å²) in [5.41, 5.74) is 1.37. The molecule has 5 nitrogen and oxygen atoms in total. The van der Waals surface area contributed by atoms with Crippen LogP contribution >= 0.6 is 0 Å². The maximum atomic E-state index is 12.3. The van der Waals surface area contributed by atoms with Gasteiger partial charge in [0.05, 0.1) is 11.4 Å². The number of aromatic nitrogens is 1. The van der Waals surface area contributed by atoms with Gasteiger partial charge in [0.15, 0.2) is 0 Å². The molecule has 0 unspecified atom stereocenters. The summed E-state index contributed by atoms with van der Waals surface area (Å²) >= 11 is 0. The highest BCUT2D eigenvalue weighted by Gasteiger charge is 2.33. The number of carbonyl (C=O) groups excluding carboxylic acids is 1. The number of nitrogens with one attached hydrogen (secondary N) is 1. The standard InChI is InChI=1S/C16H16N2O3/c19-15(18-14-5-1-4-12(14)16(20)21)11-6-7-13-10(9-11)3-2-8-17-13/h2-3,6-9,12,14H,1,4-5H2,(H,18,19)(H,20,21)/t12-,14+/m0/s1. The molecule has 1 aliphatic carbocycles. The highest BCUT2D eigenvalue weighted by Crippen LogP contribution is 2.26. The zero-order valence-corrected chi connectivity index (χ0v) is 11.5. The summed E-state index contributed by atoms with van der Waals surface area (Å²) in [5, 5.41) is 12.9. The largest absolute Gasteiger partial charge is 0.481 e. The minimum atomic E-state index is -0.833. The van der Waals surface area contributed by atoms with E-state index in [1.807, 2.05) is 12.1 Å². The maximum Gasteiger partial charge on any atom is 0.308 e. The van der Waals surface area contributed by atoms with Crippen LogP contribution in [0.5, 0.6) is 0 Å². The molecule has 1 fully saturated rings. The van der Waals surface area contributed by atoms with Crippen molar-refractivity contribution >= 4 is 22.8 Å². The van der Waals surface area contributed by atoms with Crippen LogP contribution in [0.3, 0.4) is 0 Å². The third kappa shape index (κ3) is 2.72. The third-order valence-corrected chi connectivity index (χ3v) is 4.01. The molecule has 21 heavy (non-hydrogen) atoms. The Morgan fingerprint density at radius 1 is 1.24 bits per heavy atom. The van der Waals surface area contributed by atoms with Crippen LogP contribution in [0.1, 0.15) is 29.6 Å². The van der Waals surface area contributed by atoms with Crippen molar-refractivity contribution in [3.63, 3.8) is 0 Å². The number of carboxylic acids is 1. The first-order chi connectivity index (χ1) is 10.1. The van der Waals surface area contributed by atoms with Gasteiger partial charge in [0.2, 0.25) is 0 Å². The molecule has 0 spiro atoms. The molecule has 0 aliphatic heterocycles. The van der Waals surface area contributed by atoms with Gasteiger partial charge >= 0.3 is 5.97 Å². The molecular weight excluding hydrogens is 268 g/mol. The third-order valence-electron chi connectivity index (χ3n) is 4.01. The fourth-order valence-electron chi connectivity index (χ4n) is 2.90. The fourth-order valence-corrected chi connectivity index (χ4v) is 2.90. The van der Waals surface area contributed by atoms with E-state index in [1.54, 1.807) is 24.4 Å². The average molecular weight is 284 g/mol. The predicted octanol–water partition coefficient (Wildman–Crippen LogP) is 2.22. The van der Waals surface area contributed by atoms with Crippen LogP contribution in [-0.4, -0.2) is 28.0 Å². The summed E-state index contributed by atoms with van der Waals surface area (Å²) in [6, 6.07) is 8.74. The van der Waals surface area contributed by atoms with E-state index in [1.165, 1.54) is 0 Å². The summed E-state index contributed by atoms with van der Waals surface area (Å²) in [6.45, 7) is 0. The topological polar surface area (TPSA) is 79.3 Å². The number of carbonyl (C=O) groups is 2. The van der Waals surface area contributed by atoms with Crippen molar-refractivity contribution in [2.45, 2.75) is 25.3 Å². The number of amides is 1. The molecule has 0 radical (unpaired) electrons. The Bertz CT molecular complexity index is 699. The van der Waals surface area contributed by atoms with E-state index in [-0.39, 0.29) is 11.9 Å². The molecule has 2 aromatic rings. The Hall–Kier alpha value is -2.43. The molecule has 108 valence electrons. The van der Waals surface area contributed by atoms with Crippen LogP contribution < -0.4 is 5.32 Å². The first kappa shape index (κ1) is 13.5. The van der Waals surface area contributed by atoms with E-state index in [0.29, 0.717) is 12.0 Å². The Kier molecular flexibility index (Phi) is 3.56. The second kappa shape index (κ2) is 5.52. The maximum absolute atomic E-state index is 12.3.